The number of rotatable bonds is 20. The second-order valence-corrected chi connectivity index (χ2v) is 7.65. The number of unbranched alkanes of at least 4 members (excludes halogenated alkanes) is 11. The van der Waals surface area contributed by atoms with Crippen molar-refractivity contribution in [2.75, 3.05) is 0 Å². The second kappa shape index (κ2) is 21.2. The van der Waals surface area contributed by atoms with Gasteiger partial charge in [0.05, 0.1) is 6.10 Å². The maximum absolute atomic E-state index is 10.4. The number of hydrogen-bond donors (Lipinski definition) is 2. The van der Waals surface area contributed by atoms with E-state index in [1.165, 1.54) is 64.2 Å². The van der Waals surface area contributed by atoms with Gasteiger partial charge in [-0.3, -0.25) is 4.79 Å². The molecule has 3 nitrogen and oxygen atoms in total. The quantitative estimate of drug-likeness (QED) is 0.173. The molecule has 1 unspecified atom stereocenters. The summed E-state index contributed by atoms with van der Waals surface area (Å²) in [6.45, 7) is 2.26. The molecule has 0 aromatic rings. The molecule has 0 saturated carbocycles. The fraction of sp³-hybridized carbons (Fsp3) is 0.792. The van der Waals surface area contributed by atoms with Crippen molar-refractivity contribution >= 4 is 5.97 Å². The molecule has 0 fully saturated rings. The monoisotopic (exact) mass is 380 g/mol. The average Bonchev–Trinajstić information content (AvgIpc) is 2.65. The van der Waals surface area contributed by atoms with Crippen molar-refractivity contribution in [3.63, 3.8) is 0 Å². The van der Waals surface area contributed by atoms with Crippen LogP contribution in [0.4, 0.5) is 0 Å². The predicted molar refractivity (Wildman–Crippen MR) is 116 cm³/mol. The Hall–Kier alpha value is -1.09. The summed E-state index contributed by atoms with van der Waals surface area (Å²) in [4.78, 5) is 10.4. The summed E-state index contributed by atoms with van der Waals surface area (Å²) in [7, 11) is 0. The van der Waals surface area contributed by atoms with Crippen LogP contribution in [0.2, 0.25) is 0 Å². The van der Waals surface area contributed by atoms with Crippen LogP contribution in [0.15, 0.2) is 24.3 Å². The Kier molecular flexibility index (Phi) is 20.4. The van der Waals surface area contributed by atoms with Gasteiger partial charge in [0.2, 0.25) is 0 Å². The van der Waals surface area contributed by atoms with Crippen LogP contribution in [0.3, 0.4) is 0 Å². The number of hydrogen-bond acceptors (Lipinski definition) is 2. The highest BCUT2D eigenvalue weighted by Gasteiger charge is 2.06. The highest BCUT2D eigenvalue weighted by molar-refractivity contribution is 5.66. The van der Waals surface area contributed by atoms with E-state index in [-0.39, 0.29) is 6.42 Å². The van der Waals surface area contributed by atoms with E-state index in [0.717, 1.165) is 25.7 Å². The molecule has 0 aromatic carbocycles. The minimum atomic E-state index is -0.828. The number of carboxylic acids is 1. The largest absolute Gasteiger partial charge is 0.481 e. The van der Waals surface area contributed by atoms with Crippen LogP contribution in [0, 0.1) is 0 Å². The van der Waals surface area contributed by atoms with Crippen molar-refractivity contribution in [1.29, 1.82) is 0 Å². The minimum Gasteiger partial charge on any atom is -0.481 e. The molecular formula is C24H44O3. The summed E-state index contributed by atoms with van der Waals surface area (Å²) in [5, 5.41) is 18.2. The second-order valence-electron chi connectivity index (χ2n) is 7.65. The van der Waals surface area contributed by atoms with Crippen molar-refractivity contribution in [3.8, 4) is 0 Å². The lowest BCUT2D eigenvalue weighted by atomic mass is 10.1. The highest BCUT2D eigenvalue weighted by Crippen LogP contribution is 2.10. The van der Waals surface area contributed by atoms with Crippen LogP contribution in [-0.2, 0) is 4.79 Å². The lowest BCUT2D eigenvalue weighted by molar-refractivity contribution is -0.137. The molecule has 0 aliphatic carbocycles. The van der Waals surface area contributed by atoms with Crippen molar-refractivity contribution in [1.82, 2.24) is 0 Å². The van der Waals surface area contributed by atoms with Crippen LogP contribution in [-0.4, -0.2) is 22.3 Å². The third-order valence-electron chi connectivity index (χ3n) is 4.90. The molecule has 0 aliphatic rings. The lowest BCUT2D eigenvalue weighted by Crippen LogP contribution is -2.09. The van der Waals surface area contributed by atoms with Crippen molar-refractivity contribution in [3.05, 3.63) is 24.3 Å². The maximum Gasteiger partial charge on any atom is 0.303 e. The molecule has 0 aliphatic heterocycles. The zero-order valence-corrected chi connectivity index (χ0v) is 17.7. The van der Waals surface area contributed by atoms with Gasteiger partial charge in [0.15, 0.2) is 0 Å². The number of aliphatic hydroxyl groups excluding tert-OH is 1. The first-order valence-corrected chi connectivity index (χ1v) is 11.4. The van der Waals surface area contributed by atoms with E-state index >= 15 is 0 Å². The first-order chi connectivity index (χ1) is 13.2. The van der Waals surface area contributed by atoms with Gasteiger partial charge in [-0.05, 0) is 64.2 Å². The third kappa shape index (κ3) is 22.9. The zero-order valence-electron chi connectivity index (χ0n) is 17.7. The molecule has 0 rings (SSSR count). The van der Waals surface area contributed by atoms with Gasteiger partial charge < -0.3 is 10.2 Å². The Morgan fingerprint density at radius 2 is 1.15 bits per heavy atom. The number of aliphatic carboxylic acids is 1. The van der Waals surface area contributed by atoms with Gasteiger partial charge in [-0.25, -0.2) is 0 Å². The topological polar surface area (TPSA) is 57.5 Å². The van der Waals surface area contributed by atoms with Gasteiger partial charge in [0.25, 0.3) is 0 Å². The summed E-state index contributed by atoms with van der Waals surface area (Å²) in [5.74, 6) is -0.828. The van der Waals surface area contributed by atoms with Crippen LogP contribution in [0.25, 0.3) is 0 Å². The Morgan fingerprint density at radius 3 is 1.67 bits per heavy atom. The molecule has 0 radical (unpaired) electrons. The number of allylic oxidation sites excluding steroid dienone is 4. The van der Waals surface area contributed by atoms with Gasteiger partial charge in [0.1, 0.15) is 0 Å². The Morgan fingerprint density at radius 1 is 0.704 bits per heavy atom. The van der Waals surface area contributed by atoms with Gasteiger partial charge >= 0.3 is 5.97 Å². The summed E-state index contributed by atoms with van der Waals surface area (Å²) in [6.07, 6.45) is 27.4. The lowest BCUT2D eigenvalue weighted by Gasteiger charge is -2.07. The Balaban J connectivity index is 3.26. The van der Waals surface area contributed by atoms with E-state index in [1.54, 1.807) is 0 Å². The molecular weight excluding hydrogens is 336 g/mol. The molecule has 3 heteroatoms. The standard InChI is InChI=1S/C24H44O3/c1-2-3-4-5-6-7-8-9-10-11-12-13-14-15-16-17-18-19-20-23(25)21-22-24(26)27/h9-10,15-16,23,25H,2-8,11-14,17-22H2,1H3,(H,26,27). The van der Waals surface area contributed by atoms with E-state index in [9.17, 15) is 9.90 Å². The van der Waals surface area contributed by atoms with Crippen LogP contribution < -0.4 is 0 Å². The van der Waals surface area contributed by atoms with Crippen molar-refractivity contribution in [2.24, 2.45) is 0 Å². The molecule has 0 amide bonds. The molecule has 0 saturated heterocycles. The van der Waals surface area contributed by atoms with Crippen molar-refractivity contribution in [2.45, 2.75) is 122 Å². The Labute approximate surface area is 168 Å². The first kappa shape index (κ1) is 25.9. The molecule has 1 atom stereocenters. The molecule has 2 N–H and O–H groups in total. The fourth-order valence-corrected chi connectivity index (χ4v) is 3.11. The number of aliphatic hydroxyl groups is 1. The van der Waals surface area contributed by atoms with Crippen molar-refractivity contribution < 1.29 is 15.0 Å². The van der Waals surface area contributed by atoms with Gasteiger partial charge in [0, 0.05) is 6.42 Å². The fourth-order valence-electron chi connectivity index (χ4n) is 3.11. The average molecular weight is 381 g/mol. The molecule has 0 spiro atoms. The van der Waals surface area contributed by atoms with Gasteiger partial charge in [-0.15, -0.1) is 0 Å². The SMILES string of the molecule is CCCCCCCCC=CCCCCC=CCCCCC(O)CCC(=O)O. The summed E-state index contributed by atoms with van der Waals surface area (Å²) in [5.41, 5.74) is 0. The smallest absolute Gasteiger partial charge is 0.303 e. The third-order valence-corrected chi connectivity index (χ3v) is 4.90. The van der Waals surface area contributed by atoms with E-state index in [2.05, 4.69) is 31.2 Å². The molecule has 0 aromatic heterocycles. The van der Waals surface area contributed by atoms with Gasteiger partial charge in [-0.1, -0.05) is 69.8 Å². The normalized spacial score (nSPS) is 13.0. The van der Waals surface area contributed by atoms with E-state index in [4.69, 9.17) is 5.11 Å². The van der Waals surface area contributed by atoms with Crippen LogP contribution >= 0.6 is 0 Å². The Bertz CT molecular complexity index is 374. The number of carbonyl (C=O) groups is 1. The summed E-state index contributed by atoms with van der Waals surface area (Å²) in [6, 6.07) is 0. The molecule has 158 valence electrons. The van der Waals surface area contributed by atoms with E-state index in [0.29, 0.717) is 12.8 Å². The van der Waals surface area contributed by atoms with E-state index < -0.39 is 12.1 Å². The number of carboxylic acid groups (broad SMARTS) is 1. The first-order valence-electron chi connectivity index (χ1n) is 11.4. The zero-order chi connectivity index (χ0) is 20.0. The van der Waals surface area contributed by atoms with Crippen LogP contribution in [0.5, 0.6) is 0 Å². The minimum absolute atomic E-state index is 0.0648. The van der Waals surface area contributed by atoms with Gasteiger partial charge in [-0.2, -0.15) is 0 Å². The molecule has 27 heavy (non-hydrogen) atoms. The molecule has 0 bridgehead atoms. The summed E-state index contributed by atoms with van der Waals surface area (Å²) < 4.78 is 0. The predicted octanol–water partition coefficient (Wildman–Crippen LogP) is 7.20. The highest BCUT2D eigenvalue weighted by atomic mass is 16.4. The van der Waals surface area contributed by atoms with E-state index in [1.807, 2.05) is 0 Å². The van der Waals surface area contributed by atoms with Crippen LogP contribution in [0.1, 0.15) is 116 Å². The maximum atomic E-state index is 10.4. The molecule has 0 heterocycles. The summed E-state index contributed by atoms with van der Waals surface area (Å²) >= 11 is 0.